The fourth-order valence-corrected chi connectivity index (χ4v) is 3.76. The van der Waals surface area contributed by atoms with Crippen LogP contribution in [0.5, 0.6) is 0 Å². The van der Waals surface area contributed by atoms with Gasteiger partial charge in [0.1, 0.15) is 5.82 Å². The predicted molar refractivity (Wildman–Crippen MR) is 119 cm³/mol. The van der Waals surface area contributed by atoms with E-state index in [4.69, 9.17) is 10.7 Å². The molecule has 31 heavy (non-hydrogen) atoms. The summed E-state index contributed by atoms with van der Waals surface area (Å²) < 4.78 is 2.24. The standard InChI is InChI=1S/C22H21N9/c1-22(2,3)31-18-9-8-13(14-11-24-21(23)25-12-14)10-17(18)26-20(31)16-7-5-4-6-15(16)19-27-29-30-28-19/h4-12H,1-3H3,(H2,23,24,25)(H,27,28,29,30). The van der Waals surface area contributed by atoms with Gasteiger partial charge in [0.15, 0.2) is 0 Å². The molecule has 3 N–H and O–H groups in total. The van der Waals surface area contributed by atoms with Crippen LogP contribution >= 0.6 is 0 Å². The smallest absolute Gasteiger partial charge is 0.219 e. The Bertz CT molecular complexity index is 1360. The summed E-state index contributed by atoms with van der Waals surface area (Å²) in [5.41, 5.74) is 11.0. The van der Waals surface area contributed by atoms with Gasteiger partial charge in [-0.2, -0.15) is 5.21 Å². The maximum Gasteiger partial charge on any atom is 0.219 e. The van der Waals surface area contributed by atoms with E-state index < -0.39 is 0 Å². The van der Waals surface area contributed by atoms with Crippen molar-refractivity contribution >= 4 is 17.0 Å². The molecule has 3 heterocycles. The highest BCUT2D eigenvalue weighted by Crippen LogP contribution is 2.36. The van der Waals surface area contributed by atoms with Crippen molar-refractivity contribution in [3.63, 3.8) is 0 Å². The van der Waals surface area contributed by atoms with Crippen LogP contribution in [0.4, 0.5) is 5.95 Å². The molecule has 154 valence electrons. The van der Waals surface area contributed by atoms with E-state index >= 15 is 0 Å². The topological polar surface area (TPSA) is 124 Å². The molecule has 2 aromatic carbocycles. The highest BCUT2D eigenvalue weighted by molar-refractivity contribution is 5.88. The van der Waals surface area contributed by atoms with Crippen molar-refractivity contribution in [2.75, 3.05) is 5.73 Å². The largest absolute Gasteiger partial charge is 0.368 e. The van der Waals surface area contributed by atoms with Crippen LogP contribution in [-0.2, 0) is 5.54 Å². The van der Waals surface area contributed by atoms with E-state index in [9.17, 15) is 0 Å². The first-order chi connectivity index (χ1) is 14.9. The lowest BCUT2D eigenvalue weighted by molar-refractivity contribution is 0.413. The van der Waals surface area contributed by atoms with Crippen molar-refractivity contribution in [1.29, 1.82) is 0 Å². The second-order valence-corrected chi connectivity index (χ2v) is 8.26. The Labute approximate surface area is 178 Å². The van der Waals surface area contributed by atoms with Gasteiger partial charge in [-0.05, 0) is 43.7 Å². The molecule has 0 radical (unpaired) electrons. The van der Waals surface area contributed by atoms with Gasteiger partial charge in [-0.15, -0.1) is 10.2 Å². The second-order valence-electron chi connectivity index (χ2n) is 8.26. The van der Waals surface area contributed by atoms with Crippen molar-refractivity contribution in [2.24, 2.45) is 0 Å². The molecular weight excluding hydrogens is 390 g/mol. The molecule has 9 nitrogen and oxygen atoms in total. The average Bonchev–Trinajstić information content (AvgIpc) is 3.41. The number of hydrogen-bond acceptors (Lipinski definition) is 7. The summed E-state index contributed by atoms with van der Waals surface area (Å²) in [6.07, 6.45) is 3.44. The van der Waals surface area contributed by atoms with Crippen LogP contribution in [0.25, 0.3) is 44.9 Å². The molecule has 0 aliphatic rings. The Morgan fingerprint density at radius 1 is 0.935 bits per heavy atom. The number of imidazole rings is 1. The first-order valence-electron chi connectivity index (χ1n) is 9.86. The molecule has 0 bridgehead atoms. The highest BCUT2D eigenvalue weighted by Gasteiger charge is 2.25. The Balaban J connectivity index is 1.75. The maximum absolute atomic E-state index is 5.63. The first-order valence-corrected chi connectivity index (χ1v) is 9.86. The summed E-state index contributed by atoms with van der Waals surface area (Å²) in [4.78, 5) is 13.2. The summed E-state index contributed by atoms with van der Waals surface area (Å²) in [5, 5.41) is 14.6. The molecule has 0 amide bonds. The number of benzene rings is 2. The number of nitrogens with two attached hydrogens (primary N) is 1. The van der Waals surface area contributed by atoms with E-state index in [0.29, 0.717) is 5.82 Å². The van der Waals surface area contributed by atoms with Crippen molar-refractivity contribution in [1.82, 2.24) is 40.1 Å². The lowest BCUT2D eigenvalue weighted by Crippen LogP contribution is -2.22. The molecule has 0 fully saturated rings. The monoisotopic (exact) mass is 411 g/mol. The third-order valence-electron chi connectivity index (χ3n) is 5.08. The molecule has 0 aliphatic carbocycles. The van der Waals surface area contributed by atoms with Crippen molar-refractivity contribution < 1.29 is 0 Å². The van der Waals surface area contributed by atoms with Crippen molar-refractivity contribution in [3.05, 3.63) is 54.9 Å². The van der Waals surface area contributed by atoms with E-state index in [0.717, 1.165) is 39.1 Å². The van der Waals surface area contributed by atoms with Gasteiger partial charge in [-0.25, -0.2) is 15.0 Å². The zero-order chi connectivity index (χ0) is 21.6. The number of hydrogen-bond donors (Lipinski definition) is 2. The summed E-state index contributed by atoms with van der Waals surface area (Å²) in [6.45, 7) is 6.49. The molecule has 0 saturated carbocycles. The Hall–Kier alpha value is -4.14. The molecule has 3 aromatic heterocycles. The van der Waals surface area contributed by atoms with Crippen molar-refractivity contribution in [3.8, 4) is 33.9 Å². The minimum atomic E-state index is -0.208. The molecule has 0 atom stereocenters. The summed E-state index contributed by atoms with van der Waals surface area (Å²) in [5.74, 6) is 1.62. The van der Waals surface area contributed by atoms with Gasteiger partial charge in [-0.3, -0.25) is 0 Å². The van der Waals surface area contributed by atoms with Gasteiger partial charge >= 0.3 is 0 Å². The van der Waals surface area contributed by atoms with Crippen LogP contribution in [0.15, 0.2) is 54.9 Å². The summed E-state index contributed by atoms with van der Waals surface area (Å²) >= 11 is 0. The minimum Gasteiger partial charge on any atom is -0.368 e. The Morgan fingerprint density at radius 2 is 1.68 bits per heavy atom. The maximum atomic E-state index is 5.63. The SMILES string of the molecule is CC(C)(C)n1c(-c2ccccc2-c2nn[nH]n2)nc2cc(-c3cnc(N)nc3)ccc21. The molecule has 0 aliphatic heterocycles. The van der Waals surface area contributed by atoms with Crippen LogP contribution in [-0.4, -0.2) is 40.1 Å². The summed E-state index contributed by atoms with van der Waals surface area (Å²) in [7, 11) is 0. The Kier molecular flexibility index (Phi) is 4.25. The Morgan fingerprint density at radius 3 is 2.35 bits per heavy atom. The zero-order valence-corrected chi connectivity index (χ0v) is 17.4. The van der Waals surface area contributed by atoms with Gasteiger partial charge in [0.25, 0.3) is 0 Å². The number of aromatic nitrogens is 8. The number of rotatable bonds is 3. The van der Waals surface area contributed by atoms with Crippen LogP contribution in [0.2, 0.25) is 0 Å². The van der Waals surface area contributed by atoms with Gasteiger partial charge in [0.2, 0.25) is 11.8 Å². The van der Waals surface area contributed by atoms with E-state index in [1.54, 1.807) is 12.4 Å². The van der Waals surface area contributed by atoms with Crippen LogP contribution in [0, 0.1) is 0 Å². The van der Waals surface area contributed by atoms with Gasteiger partial charge in [0, 0.05) is 34.6 Å². The van der Waals surface area contributed by atoms with Crippen LogP contribution in [0.1, 0.15) is 20.8 Å². The lowest BCUT2D eigenvalue weighted by Gasteiger charge is -2.25. The van der Waals surface area contributed by atoms with Gasteiger partial charge < -0.3 is 10.3 Å². The molecule has 9 heteroatoms. The second kappa shape index (κ2) is 6.98. The minimum absolute atomic E-state index is 0.208. The molecule has 0 spiro atoms. The van der Waals surface area contributed by atoms with Crippen molar-refractivity contribution in [2.45, 2.75) is 26.3 Å². The van der Waals surface area contributed by atoms with E-state index in [-0.39, 0.29) is 11.5 Å². The predicted octanol–water partition coefficient (Wildman–Crippen LogP) is 3.68. The number of nitrogens with zero attached hydrogens (tertiary/aromatic N) is 7. The third kappa shape index (κ3) is 3.29. The first kappa shape index (κ1) is 18.9. The number of fused-ring (bicyclic) bond motifs is 1. The molecule has 5 rings (SSSR count). The van der Waals surface area contributed by atoms with Crippen LogP contribution in [0.3, 0.4) is 0 Å². The number of aromatic amines is 1. The van der Waals surface area contributed by atoms with E-state index in [2.05, 4.69) is 68.1 Å². The fourth-order valence-electron chi connectivity index (χ4n) is 3.76. The molecule has 5 aromatic rings. The molecular formula is C22H21N9. The molecule has 0 unspecified atom stereocenters. The van der Waals surface area contributed by atoms with Crippen LogP contribution < -0.4 is 5.73 Å². The van der Waals surface area contributed by atoms with Gasteiger partial charge in [-0.1, -0.05) is 30.3 Å². The van der Waals surface area contributed by atoms with Gasteiger partial charge in [0.05, 0.1) is 11.0 Å². The third-order valence-corrected chi connectivity index (χ3v) is 5.08. The molecule has 0 saturated heterocycles. The average molecular weight is 411 g/mol. The highest BCUT2D eigenvalue weighted by atomic mass is 15.5. The fraction of sp³-hybridized carbons (Fsp3) is 0.182. The summed E-state index contributed by atoms with van der Waals surface area (Å²) in [6, 6.07) is 14.1. The lowest BCUT2D eigenvalue weighted by atomic mass is 10.0. The number of nitrogen functional groups attached to an aromatic ring is 1. The normalized spacial score (nSPS) is 11.8. The number of nitrogens with one attached hydrogen (secondary N) is 1. The number of tetrazole rings is 1. The van der Waals surface area contributed by atoms with E-state index in [1.165, 1.54) is 0 Å². The number of anilines is 1. The number of H-pyrrole nitrogens is 1. The van der Waals surface area contributed by atoms with E-state index in [1.807, 2.05) is 30.3 Å². The zero-order valence-electron chi connectivity index (χ0n) is 17.4. The quantitative estimate of drug-likeness (QED) is 0.464.